The fourth-order valence-corrected chi connectivity index (χ4v) is 3.59. The molecule has 0 radical (unpaired) electrons. The van der Waals surface area contributed by atoms with Gasteiger partial charge in [0, 0.05) is 20.2 Å². The highest BCUT2D eigenvalue weighted by atomic mass is 79.9. The average molecular weight is 316 g/mol. The first-order valence-corrected chi connectivity index (χ1v) is 7.66. The molecule has 0 aliphatic rings. The lowest BCUT2D eigenvalue weighted by atomic mass is 10.1. The maximum absolute atomic E-state index is 3.67. The van der Waals surface area contributed by atoms with Crippen LogP contribution in [-0.2, 0) is 0 Å². The zero-order valence-electron chi connectivity index (χ0n) is 11.3. The lowest BCUT2D eigenvalue weighted by molar-refractivity contribution is 0.595. The predicted molar refractivity (Wildman–Crippen MR) is 81.8 cm³/mol. The van der Waals surface area contributed by atoms with Gasteiger partial charge in [-0.3, -0.25) is 0 Å². The highest BCUT2D eigenvalue weighted by molar-refractivity contribution is 9.10. The number of hydrogen-bond acceptors (Lipinski definition) is 2. The lowest BCUT2D eigenvalue weighted by Gasteiger charge is -2.19. The zero-order chi connectivity index (χ0) is 13.1. The van der Waals surface area contributed by atoms with Crippen LogP contribution in [0.5, 0.6) is 0 Å². The van der Waals surface area contributed by atoms with Gasteiger partial charge in [0.15, 0.2) is 0 Å². The van der Waals surface area contributed by atoms with E-state index in [0.717, 1.165) is 6.54 Å². The van der Waals surface area contributed by atoms with Gasteiger partial charge in [0.05, 0.1) is 0 Å². The van der Waals surface area contributed by atoms with Crippen LogP contribution in [0.2, 0.25) is 0 Å². The summed E-state index contributed by atoms with van der Waals surface area (Å²) in [6.45, 7) is 12.0. The Morgan fingerprint density at radius 3 is 2.47 bits per heavy atom. The van der Waals surface area contributed by atoms with E-state index in [1.54, 1.807) is 0 Å². The molecule has 0 saturated carbocycles. The molecule has 3 heteroatoms. The molecule has 0 bridgehead atoms. The van der Waals surface area contributed by atoms with Crippen LogP contribution in [-0.4, -0.2) is 11.3 Å². The molecule has 0 amide bonds. The molecule has 1 N–H and O–H groups in total. The number of thioether (sulfide) groups is 1. The Hall–Kier alpha value is 0.01000. The second-order valence-corrected chi connectivity index (χ2v) is 7.93. The van der Waals surface area contributed by atoms with E-state index in [-0.39, 0.29) is 4.75 Å². The number of rotatable bonds is 4. The van der Waals surface area contributed by atoms with Gasteiger partial charge in [0.25, 0.3) is 0 Å². The van der Waals surface area contributed by atoms with Crippen LogP contribution in [0.1, 0.15) is 46.2 Å². The van der Waals surface area contributed by atoms with Crippen molar-refractivity contribution in [2.75, 3.05) is 6.54 Å². The molecule has 1 nitrogen and oxygen atoms in total. The van der Waals surface area contributed by atoms with Crippen molar-refractivity contribution in [1.82, 2.24) is 5.32 Å². The van der Waals surface area contributed by atoms with Crippen molar-refractivity contribution < 1.29 is 0 Å². The summed E-state index contributed by atoms with van der Waals surface area (Å²) in [7, 11) is 0. The van der Waals surface area contributed by atoms with Crippen LogP contribution in [0.25, 0.3) is 0 Å². The third-order valence-electron chi connectivity index (χ3n) is 2.37. The van der Waals surface area contributed by atoms with Gasteiger partial charge in [-0.05, 0) is 31.2 Å². The Labute approximate surface area is 118 Å². The minimum atomic E-state index is 0.258. The van der Waals surface area contributed by atoms with E-state index in [9.17, 15) is 0 Å². The van der Waals surface area contributed by atoms with Crippen molar-refractivity contribution in [1.29, 1.82) is 0 Å². The van der Waals surface area contributed by atoms with Gasteiger partial charge >= 0.3 is 0 Å². The molecule has 0 aromatic heterocycles. The lowest BCUT2D eigenvalue weighted by Crippen LogP contribution is -2.18. The molecule has 0 heterocycles. The first-order chi connectivity index (χ1) is 7.83. The van der Waals surface area contributed by atoms with Gasteiger partial charge in [-0.1, -0.05) is 49.7 Å². The average Bonchev–Trinajstić information content (AvgIpc) is 2.15. The molecule has 17 heavy (non-hydrogen) atoms. The van der Waals surface area contributed by atoms with Crippen LogP contribution in [0.3, 0.4) is 0 Å². The van der Waals surface area contributed by atoms with Crippen molar-refractivity contribution in [3.63, 3.8) is 0 Å². The quantitative estimate of drug-likeness (QED) is 0.784. The zero-order valence-corrected chi connectivity index (χ0v) is 13.7. The molecule has 1 unspecified atom stereocenters. The Morgan fingerprint density at radius 1 is 1.35 bits per heavy atom. The van der Waals surface area contributed by atoms with Crippen LogP contribution in [0.15, 0.2) is 27.6 Å². The van der Waals surface area contributed by atoms with Crippen molar-refractivity contribution in [3.05, 3.63) is 28.2 Å². The smallest absolute Gasteiger partial charge is 0.0302 e. The molecule has 0 fully saturated rings. The topological polar surface area (TPSA) is 12.0 Å². The third-order valence-corrected chi connectivity index (χ3v) is 4.16. The van der Waals surface area contributed by atoms with E-state index in [1.165, 1.54) is 14.9 Å². The summed E-state index contributed by atoms with van der Waals surface area (Å²) in [5.41, 5.74) is 1.32. The first-order valence-electron chi connectivity index (χ1n) is 6.05. The minimum Gasteiger partial charge on any atom is -0.310 e. The fourth-order valence-electron chi connectivity index (χ4n) is 1.69. The second kappa shape index (κ2) is 6.26. The monoisotopic (exact) mass is 315 g/mol. The summed E-state index contributed by atoms with van der Waals surface area (Å²) in [5, 5.41) is 3.43. The van der Waals surface area contributed by atoms with Crippen molar-refractivity contribution in [3.8, 4) is 0 Å². The molecule has 0 aliphatic carbocycles. The van der Waals surface area contributed by atoms with E-state index in [0.29, 0.717) is 6.04 Å². The SMILES string of the molecule is CCNC(C)c1ccc(SC(C)(C)C)cc1Br. The van der Waals surface area contributed by atoms with Crippen LogP contribution in [0.4, 0.5) is 0 Å². The summed E-state index contributed by atoms with van der Waals surface area (Å²) < 4.78 is 1.45. The first kappa shape index (κ1) is 15.1. The Balaban J connectivity index is 2.86. The van der Waals surface area contributed by atoms with Crippen LogP contribution >= 0.6 is 27.7 Å². The van der Waals surface area contributed by atoms with Gasteiger partial charge < -0.3 is 5.32 Å². The van der Waals surface area contributed by atoms with Gasteiger partial charge in [-0.25, -0.2) is 0 Å². The largest absolute Gasteiger partial charge is 0.310 e. The molecule has 0 saturated heterocycles. The molecular formula is C14H22BrNS. The maximum Gasteiger partial charge on any atom is 0.0302 e. The highest BCUT2D eigenvalue weighted by Crippen LogP contribution is 2.35. The van der Waals surface area contributed by atoms with Crippen molar-refractivity contribution in [2.45, 2.75) is 50.3 Å². The summed E-state index contributed by atoms with van der Waals surface area (Å²) in [6.07, 6.45) is 0. The Kier molecular flexibility index (Phi) is 5.55. The van der Waals surface area contributed by atoms with Crippen molar-refractivity contribution in [2.24, 2.45) is 0 Å². The number of nitrogens with one attached hydrogen (secondary N) is 1. The second-order valence-electron chi connectivity index (χ2n) is 5.18. The predicted octanol–water partition coefficient (Wildman–Crippen LogP) is 5.01. The third kappa shape index (κ3) is 5.02. The Bertz CT molecular complexity index is 371. The normalized spacial score (nSPS) is 13.8. The van der Waals surface area contributed by atoms with E-state index < -0.39 is 0 Å². The van der Waals surface area contributed by atoms with Crippen molar-refractivity contribution >= 4 is 27.7 Å². The number of halogens is 1. The minimum absolute atomic E-state index is 0.258. The number of benzene rings is 1. The van der Waals surface area contributed by atoms with Gasteiger partial charge in [-0.15, -0.1) is 11.8 Å². The van der Waals surface area contributed by atoms with E-state index in [2.05, 4.69) is 74.1 Å². The molecule has 96 valence electrons. The van der Waals surface area contributed by atoms with E-state index >= 15 is 0 Å². The van der Waals surface area contributed by atoms with Gasteiger partial charge in [-0.2, -0.15) is 0 Å². The fraction of sp³-hybridized carbons (Fsp3) is 0.571. The molecule has 1 aromatic rings. The van der Waals surface area contributed by atoms with Gasteiger partial charge in [0.2, 0.25) is 0 Å². The molecule has 0 aliphatic heterocycles. The summed E-state index contributed by atoms with van der Waals surface area (Å²) in [4.78, 5) is 1.32. The maximum atomic E-state index is 3.67. The van der Waals surface area contributed by atoms with Crippen LogP contribution < -0.4 is 5.32 Å². The molecule has 0 spiro atoms. The van der Waals surface area contributed by atoms with E-state index in [1.807, 2.05) is 11.8 Å². The standard InChI is InChI=1S/C14H22BrNS/c1-6-16-10(2)12-8-7-11(9-13(12)15)17-14(3,4)5/h7-10,16H,6H2,1-5H3. The van der Waals surface area contributed by atoms with Gasteiger partial charge in [0.1, 0.15) is 0 Å². The van der Waals surface area contributed by atoms with E-state index in [4.69, 9.17) is 0 Å². The summed E-state index contributed by atoms with van der Waals surface area (Å²) in [6, 6.07) is 7.04. The van der Waals surface area contributed by atoms with Crippen LogP contribution in [0, 0.1) is 0 Å². The number of hydrogen-bond donors (Lipinski definition) is 1. The summed E-state index contributed by atoms with van der Waals surface area (Å²) >= 11 is 5.57. The highest BCUT2D eigenvalue weighted by Gasteiger charge is 2.14. The Morgan fingerprint density at radius 2 is 2.00 bits per heavy atom. The molecule has 1 rings (SSSR count). The molecule has 1 aromatic carbocycles. The molecular weight excluding hydrogens is 294 g/mol. The molecule has 1 atom stereocenters. The summed E-state index contributed by atoms with van der Waals surface area (Å²) in [5.74, 6) is 0.